The summed E-state index contributed by atoms with van der Waals surface area (Å²) in [4.78, 5) is 11.0. The number of carboxylic acids is 1. The summed E-state index contributed by atoms with van der Waals surface area (Å²) in [6, 6.07) is 6.82. The van der Waals surface area contributed by atoms with E-state index in [9.17, 15) is 4.79 Å². The number of halogens is 1. The Labute approximate surface area is 97.0 Å². The lowest BCUT2D eigenvalue weighted by molar-refractivity contribution is 0.0664. The Morgan fingerprint density at radius 3 is 2.88 bits per heavy atom. The van der Waals surface area contributed by atoms with Crippen LogP contribution in [0.2, 0.25) is 5.02 Å². The number of rotatable bonds is 3. The lowest BCUT2D eigenvalue weighted by atomic mass is 10.2. The second kappa shape index (κ2) is 4.15. The monoisotopic (exact) mass is 239 g/mol. The first kappa shape index (κ1) is 11.0. The molecule has 0 saturated heterocycles. The molecule has 0 unspecified atom stereocenters. The second-order valence-electron chi connectivity index (χ2n) is 3.38. The molecular weight excluding hydrogens is 230 g/mol. The molecule has 16 heavy (non-hydrogen) atoms. The van der Waals surface area contributed by atoms with E-state index in [-0.39, 0.29) is 12.4 Å². The van der Waals surface area contributed by atoms with Gasteiger partial charge < -0.3 is 14.4 Å². The predicted octanol–water partition coefficient (Wildman–Crippen LogP) is 2.60. The first-order valence-electron chi connectivity index (χ1n) is 4.64. The number of carbonyl (C=O) groups is 1. The molecule has 0 bridgehead atoms. The highest BCUT2D eigenvalue weighted by Gasteiger charge is 2.14. The van der Waals surface area contributed by atoms with E-state index >= 15 is 0 Å². The summed E-state index contributed by atoms with van der Waals surface area (Å²) < 4.78 is 6.57. The highest BCUT2D eigenvalue weighted by molar-refractivity contribution is 6.31. The average molecular weight is 240 g/mol. The van der Waals surface area contributed by atoms with Crippen LogP contribution < -0.4 is 0 Å². The van der Waals surface area contributed by atoms with Gasteiger partial charge in [0.2, 0.25) is 0 Å². The molecular formula is C11H10ClNO3. The van der Waals surface area contributed by atoms with E-state index in [1.54, 1.807) is 28.8 Å². The molecule has 0 saturated carbocycles. The van der Waals surface area contributed by atoms with Crippen molar-refractivity contribution in [2.45, 2.75) is 6.73 Å². The maximum atomic E-state index is 11.0. The fourth-order valence-corrected chi connectivity index (χ4v) is 1.87. The van der Waals surface area contributed by atoms with Crippen molar-refractivity contribution in [2.75, 3.05) is 7.11 Å². The molecule has 5 heteroatoms. The van der Waals surface area contributed by atoms with Gasteiger partial charge in [0.1, 0.15) is 12.4 Å². The first-order valence-corrected chi connectivity index (χ1v) is 5.02. The number of aromatic nitrogens is 1. The van der Waals surface area contributed by atoms with Crippen molar-refractivity contribution in [3.05, 3.63) is 35.0 Å². The third-order valence-electron chi connectivity index (χ3n) is 2.34. The van der Waals surface area contributed by atoms with E-state index in [2.05, 4.69) is 0 Å². The van der Waals surface area contributed by atoms with Crippen molar-refractivity contribution in [3.63, 3.8) is 0 Å². The van der Waals surface area contributed by atoms with E-state index in [4.69, 9.17) is 21.4 Å². The van der Waals surface area contributed by atoms with Crippen LogP contribution in [0.25, 0.3) is 10.9 Å². The maximum Gasteiger partial charge on any atom is 0.352 e. The molecule has 1 aromatic carbocycles. The minimum Gasteiger partial charge on any atom is -0.477 e. The van der Waals surface area contributed by atoms with E-state index in [0.717, 1.165) is 10.9 Å². The van der Waals surface area contributed by atoms with Crippen molar-refractivity contribution in [3.8, 4) is 0 Å². The largest absolute Gasteiger partial charge is 0.477 e. The van der Waals surface area contributed by atoms with Crippen molar-refractivity contribution in [1.82, 2.24) is 4.57 Å². The quantitative estimate of drug-likeness (QED) is 0.896. The molecule has 0 radical (unpaired) electrons. The van der Waals surface area contributed by atoms with Crippen LogP contribution in [0.4, 0.5) is 0 Å². The van der Waals surface area contributed by atoms with Gasteiger partial charge in [0.05, 0.1) is 5.52 Å². The van der Waals surface area contributed by atoms with Crippen molar-refractivity contribution in [1.29, 1.82) is 0 Å². The topological polar surface area (TPSA) is 51.5 Å². The van der Waals surface area contributed by atoms with Gasteiger partial charge in [-0.25, -0.2) is 4.79 Å². The minimum absolute atomic E-state index is 0.194. The molecule has 0 aliphatic rings. The van der Waals surface area contributed by atoms with Crippen LogP contribution in [-0.2, 0) is 11.5 Å². The lowest BCUT2D eigenvalue weighted by Crippen LogP contribution is -2.09. The van der Waals surface area contributed by atoms with Crippen molar-refractivity contribution in [2.24, 2.45) is 0 Å². The van der Waals surface area contributed by atoms with Gasteiger partial charge >= 0.3 is 5.97 Å². The third kappa shape index (κ3) is 1.77. The van der Waals surface area contributed by atoms with Gasteiger partial charge in [-0.3, -0.25) is 0 Å². The summed E-state index contributed by atoms with van der Waals surface area (Å²) in [5.74, 6) is -0.982. The molecule has 4 nitrogen and oxygen atoms in total. The smallest absolute Gasteiger partial charge is 0.352 e. The zero-order valence-electron chi connectivity index (χ0n) is 8.61. The van der Waals surface area contributed by atoms with Gasteiger partial charge in [0.25, 0.3) is 0 Å². The molecule has 0 aliphatic heterocycles. The Bertz CT molecular complexity index is 547. The van der Waals surface area contributed by atoms with Gasteiger partial charge in [0, 0.05) is 17.5 Å². The second-order valence-corrected chi connectivity index (χ2v) is 3.82. The van der Waals surface area contributed by atoms with E-state index in [1.807, 2.05) is 0 Å². The maximum absolute atomic E-state index is 11.0. The Kier molecular flexibility index (Phi) is 2.85. The van der Waals surface area contributed by atoms with Crippen molar-refractivity contribution < 1.29 is 14.6 Å². The fourth-order valence-electron chi connectivity index (χ4n) is 1.69. The number of carboxylic acid groups (broad SMARTS) is 1. The van der Waals surface area contributed by atoms with Crippen LogP contribution in [0.1, 0.15) is 10.5 Å². The molecule has 0 fully saturated rings. The summed E-state index contributed by atoms with van der Waals surface area (Å²) in [5.41, 5.74) is 0.989. The molecule has 2 rings (SSSR count). The number of aromatic carboxylic acids is 1. The highest BCUT2D eigenvalue weighted by atomic mass is 35.5. The zero-order chi connectivity index (χ0) is 11.7. The SMILES string of the molecule is COCn1c(C(=O)O)cc2cc(Cl)ccc21. The number of nitrogens with zero attached hydrogens (tertiary/aromatic N) is 1. The molecule has 0 amide bonds. The lowest BCUT2D eigenvalue weighted by Gasteiger charge is -2.06. The Balaban J connectivity index is 2.70. The van der Waals surface area contributed by atoms with Crippen LogP contribution in [0.3, 0.4) is 0 Å². The van der Waals surface area contributed by atoms with Gasteiger partial charge in [-0.2, -0.15) is 0 Å². The summed E-state index contributed by atoms with van der Waals surface area (Å²) in [5, 5.41) is 10.4. The average Bonchev–Trinajstić information content (AvgIpc) is 2.57. The van der Waals surface area contributed by atoms with Crippen LogP contribution in [0.5, 0.6) is 0 Å². The summed E-state index contributed by atoms with van der Waals surface area (Å²) >= 11 is 5.85. The minimum atomic E-state index is -0.982. The van der Waals surface area contributed by atoms with E-state index < -0.39 is 5.97 Å². The molecule has 84 valence electrons. The molecule has 0 spiro atoms. The Hall–Kier alpha value is -1.52. The zero-order valence-corrected chi connectivity index (χ0v) is 9.36. The molecule has 1 heterocycles. The van der Waals surface area contributed by atoms with Gasteiger partial charge in [-0.15, -0.1) is 0 Å². The molecule has 0 aliphatic carbocycles. The fraction of sp³-hybridized carbons (Fsp3) is 0.182. The molecule has 1 N–H and O–H groups in total. The number of hydrogen-bond acceptors (Lipinski definition) is 2. The van der Waals surface area contributed by atoms with Gasteiger partial charge in [-0.1, -0.05) is 11.6 Å². The summed E-state index contributed by atoms with van der Waals surface area (Å²) in [6.45, 7) is 0.201. The summed E-state index contributed by atoms with van der Waals surface area (Å²) in [7, 11) is 1.52. The van der Waals surface area contributed by atoms with Crippen LogP contribution >= 0.6 is 11.6 Å². The number of hydrogen-bond donors (Lipinski definition) is 1. The number of fused-ring (bicyclic) bond motifs is 1. The normalized spacial score (nSPS) is 10.9. The Morgan fingerprint density at radius 1 is 1.50 bits per heavy atom. The molecule has 1 aromatic heterocycles. The standard InChI is InChI=1S/C11H10ClNO3/c1-16-6-13-9-3-2-8(12)4-7(9)5-10(13)11(14)15/h2-5H,6H2,1H3,(H,14,15). The van der Waals surface area contributed by atoms with E-state index in [0.29, 0.717) is 5.02 Å². The molecule has 2 aromatic rings. The molecule has 0 atom stereocenters. The van der Waals surface area contributed by atoms with Crippen LogP contribution in [0.15, 0.2) is 24.3 Å². The predicted molar refractivity (Wildman–Crippen MR) is 60.9 cm³/mol. The number of benzene rings is 1. The highest BCUT2D eigenvalue weighted by Crippen LogP contribution is 2.23. The van der Waals surface area contributed by atoms with Gasteiger partial charge in [0.15, 0.2) is 0 Å². The third-order valence-corrected chi connectivity index (χ3v) is 2.58. The van der Waals surface area contributed by atoms with Crippen molar-refractivity contribution >= 4 is 28.5 Å². The van der Waals surface area contributed by atoms with Crippen LogP contribution in [-0.4, -0.2) is 22.8 Å². The number of methoxy groups -OCH3 is 1. The van der Waals surface area contributed by atoms with E-state index in [1.165, 1.54) is 7.11 Å². The van der Waals surface area contributed by atoms with Gasteiger partial charge in [-0.05, 0) is 24.3 Å². The Morgan fingerprint density at radius 2 is 2.25 bits per heavy atom. The van der Waals surface area contributed by atoms with Crippen LogP contribution in [0, 0.1) is 0 Å². The number of ether oxygens (including phenoxy) is 1. The first-order chi connectivity index (χ1) is 7.63. The summed E-state index contributed by atoms with van der Waals surface area (Å²) in [6.07, 6.45) is 0.